The van der Waals surface area contributed by atoms with E-state index in [0.29, 0.717) is 5.56 Å². The van der Waals surface area contributed by atoms with Crippen molar-refractivity contribution in [2.75, 3.05) is 7.11 Å². The maximum absolute atomic E-state index is 10.9. The predicted octanol–water partition coefficient (Wildman–Crippen LogP) is 0.267. The molecule has 2 nitrogen and oxygen atoms in total. The van der Waals surface area contributed by atoms with Crippen molar-refractivity contribution in [1.82, 2.24) is 0 Å². The molecule has 0 N–H and O–H groups in total. The first-order valence-electron chi connectivity index (χ1n) is 3.09. The zero-order valence-electron chi connectivity index (χ0n) is 6.03. The molecule has 1 aromatic rings. The van der Waals surface area contributed by atoms with E-state index in [0.717, 1.165) is 4.46 Å². The van der Waals surface area contributed by atoms with E-state index >= 15 is 0 Å². The fourth-order valence-electron chi connectivity index (χ4n) is 0.709. The Hall–Kier alpha value is -0.791. The van der Waals surface area contributed by atoms with Gasteiger partial charge in [-0.25, -0.2) is 0 Å². The number of rotatable bonds is 1. The van der Waals surface area contributed by atoms with Gasteiger partial charge in [0.15, 0.2) is 0 Å². The first-order valence-corrected chi connectivity index (χ1v) is 3.95. The summed E-state index contributed by atoms with van der Waals surface area (Å²) in [6.07, 6.45) is 0. The SMILES string of the molecule is COC(=O)c1ccc([Se])cc1. The zero-order valence-corrected chi connectivity index (χ0v) is 7.75. The number of carbonyl (C=O) groups is 1. The fourth-order valence-corrected chi connectivity index (χ4v) is 0.994. The molecule has 1 rings (SSSR count). The van der Waals surface area contributed by atoms with Crippen molar-refractivity contribution in [3.05, 3.63) is 29.8 Å². The summed E-state index contributed by atoms with van der Waals surface area (Å²) >= 11 is 2.83. The van der Waals surface area contributed by atoms with Crippen LogP contribution in [0.15, 0.2) is 24.3 Å². The molecular weight excluding hydrogens is 207 g/mol. The number of hydrogen-bond acceptors (Lipinski definition) is 2. The number of esters is 1. The molecule has 0 aliphatic rings. The summed E-state index contributed by atoms with van der Waals surface area (Å²) in [4.78, 5) is 10.9. The van der Waals surface area contributed by atoms with Gasteiger partial charge in [-0.3, -0.25) is 0 Å². The van der Waals surface area contributed by atoms with Gasteiger partial charge in [-0.15, -0.1) is 0 Å². The Balaban J connectivity index is 2.90. The first kappa shape index (κ1) is 8.31. The third kappa shape index (κ3) is 2.07. The summed E-state index contributed by atoms with van der Waals surface area (Å²) in [6, 6.07) is 7.09. The van der Waals surface area contributed by atoms with Crippen LogP contribution in [0.5, 0.6) is 0 Å². The van der Waals surface area contributed by atoms with Crippen molar-refractivity contribution in [1.29, 1.82) is 0 Å². The van der Waals surface area contributed by atoms with Crippen LogP contribution in [0.3, 0.4) is 0 Å². The van der Waals surface area contributed by atoms with Crippen LogP contribution in [-0.4, -0.2) is 29.1 Å². The molecule has 0 amide bonds. The molecule has 0 aliphatic carbocycles. The van der Waals surface area contributed by atoms with Crippen molar-refractivity contribution < 1.29 is 9.53 Å². The Morgan fingerprint density at radius 1 is 1.36 bits per heavy atom. The van der Waals surface area contributed by atoms with Gasteiger partial charge >= 0.3 is 72.9 Å². The van der Waals surface area contributed by atoms with Crippen LogP contribution in [0.2, 0.25) is 0 Å². The van der Waals surface area contributed by atoms with Crippen molar-refractivity contribution in [3.8, 4) is 0 Å². The third-order valence-electron chi connectivity index (χ3n) is 1.28. The number of benzene rings is 1. The molecule has 0 heterocycles. The summed E-state index contributed by atoms with van der Waals surface area (Å²) in [5.74, 6) is -0.301. The second kappa shape index (κ2) is 3.56. The number of carbonyl (C=O) groups excluding carboxylic acids is 1. The van der Waals surface area contributed by atoms with Crippen LogP contribution in [0.25, 0.3) is 0 Å². The fraction of sp³-hybridized carbons (Fsp3) is 0.125. The number of methoxy groups -OCH3 is 1. The van der Waals surface area contributed by atoms with Gasteiger partial charge in [-0.1, -0.05) is 0 Å². The van der Waals surface area contributed by atoms with Gasteiger partial charge in [0.05, 0.1) is 0 Å². The molecule has 1 aromatic carbocycles. The van der Waals surface area contributed by atoms with Crippen LogP contribution >= 0.6 is 0 Å². The average molecular weight is 214 g/mol. The monoisotopic (exact) mass is 215 g/mol. The van der Waals surface area contributed by atoms with Gasteiger partial charge in [-0.05, 0) is 0 Å². The second-order valence-electron chi connectivity index (χ2n) is 2.02. The van der Waals surface area contributed by atoms with Crippen LogP contribution in [0.1, 0.15) is 10.4 Å². The topological polar surface area (TPSA) is 26.3 Å². The molecule has 11 heavy (non-hydrogen) atoms. The number of ether oxygens (including phenoxy) is 1. The average Bonchev–Trinajstić information content (AvgIpc) is 2.05. The van der Waals surface area contributed by atoms with Crippen LogP contribution in [0, 0.1) is 0 Å². The van der Waals surface area contributed by atoms with Crippen molar-refractivity contribution in [2.24, 2.45) is 0 Å². The first-order chi connectivity index (χ1) is 5.24. The van der Waals surface area contributed by atoms with Gasteiger partial charge in [-0.2, -0.15) is 0 Å². The van der Waals surface area contributed by atoms with E-state index < -0.39 is 0 Å². The third-order valence-corrected chi connectivity index (χ3v) is 1.85. The molecule has 0 bridgehead atoms. The molecule has 0 saturated heterocycles. The Kier molecular flexibility index (Phi) is 2.69. The summed E-state index contributed by atoms with van der Waals surface area (Å²) in [7, 11) is 1.37. The molecule has 0 unspecified atom stereocenters. The van der Waals surface area contributed by atoms with Gasteiger partial charge in [0.1, 0.15) is 0 Å². The Morgan fingerprint density at radius 3 is 2.36 bits per heavy atom. The second-order valence-corrected chi connectivity index (χ2v) is 3.01. The van der Waals surface area contributed by atoms with Crippen LogP contribution in [-0.2, 0) is 4.74 Å². The number of hydrogen-bond donors (Lipinski definition) is 0. The minimum atomic E-state index is -0.301. The van der Waals surface area contributed by atoms with Gasteiger partial charge in [0.25, 0.3) is 0 Å². The summed E-state index contributed by atoms with van der Waals surface area (Å²) in [6.45, 7) is 0. The minimum absolute atomic E-state index is 0.301. The molecule has 1 radical (unpaired) electrons. The van der Waals surface area contributed by atoms with Crippen LogP contribution < -0.4 is 4.46 Å². The molecule has 0 fully saturated rings. The van der Waals surface area contributed by atoms with Gasteiger partial charge in [0, 0.05) is 0 Å². The van der Waals surface area contributed by atoms with E-state index in [1.165, 1.54) is 7.11 Å². The molecule has 0 aromatic heterocycles. The van der Waals surface area contributed by atoms with Crippen LogP contribution in [0.4, 0.5) is 0 Å². The molecule has 0 spiro atoms. The van der Waals surface area contributed by atoms with E-state index in [2.05, 4.69) is 20.7 Å². The van der Waals surface area contributed by atoms with Crippen molar-refractivity contribution in [3.63, 3.8) is 0 Å². The van der Waals surface area contributed by atoms with E-state index in [1.54, 1.807) is 12.1 Å². The molecular formula is C8H7O2Se. The van der Waals surface area contributed by atoms with E-state index in [1.807, 2.05) is 12.1 Å². The Bertz CT molecular complexity index is 253. The van der Waals surface area contributed by atoms with E-state index in [9.17, 15) is 4.79 Å². The standard InChI is InChI=1S/C8H7O2Se/c1-10-8(9)6-2-4-7(11)5-3-6/h2-5H,1H3. The maximum atomic E-state index is 10.9. The predicted molar refractivity (Wildman–Crippen MR) is 43.2 cm³/mol. The Labute approximate surface area is 73.4 Å². The van der Waals surface area contributed by atoms with Crippen molar-refractivity contribution in [2.45, 2.75) is 0 Å². The molecule has 0 saturated carbocycles. The summed E-state index contributed by atoms with van der Waals surface area (Å²) < 4.78 is 5.54. The normalized spacial score (nSPS) is 9.18. The zero-order chi connectivity index (χ0) is 8.27. The Morgan fingerprint density at radius 2 is 1.91 bits per heavy atom. The summed E-state index contributed by atoms with van der Waals surface area (Å²) in [5.41, 5.74) is 0.575. The molecule has 0 atom stereocenters. The van der Waals surface area contributed by atoms with E-state index in [4.69, 9.17) is 0 Å². The van der Waals surface area contributed by atoms with Gasteiger partial charge in [0.2, 0.25) is 0 Å². The molecule has 3 heteroatoms. The summed E-state index contributed by atoms with van der Waals surface area (Å²) in [5, 5.41) is 0. The van der Waals surface area contributed by atoms with Crippen molar-refractivity contribution >= 4 is 26.4 Å². The molecule has 0 aliphatic heterocycles. The molecule has 57 valence electrons. The van der Waals surface area contributed by atoms with Gasteiger partial charge < -0.3 is 0 Å². The van der Waals surface area contributed by atoms with E-state index in [-0.39, 0.29) is 5.97 Å². The quantitative estimate of drug-likeness (QED) is 0.495.